The van der Waals surface area contributed by atoms with E-state index >= 15 is 0 Å². The molecule has 7 atom stereocenters. The van der Waals surface area contributed by atoms with E-state index in [0.29, 0.717) is 43.3 Å². The molecular weight excluding hydrogens is 811 g/mol. The Hall–Kier alpha value is -5.27. The Labute approximate surface area is 376 Å². The molecule has 1 amide bonds. The zero-order chi connectivity index (χ0) is 44.5. The first kappa shape index (κ1) is 45.3. The van der Waals surface area contributed by atoms with Crippen LogP contribution < -0.4 is 9.47 Å². The maximum Gasteiger partial charge on any atom is 0.410 e. The number of nitrogens with zero attached hydrogens (tertiary/aromatic N) is 3. The van der Waals surface area contributed by atoms with Crippen LogP contribution in [0.25, 0.3) is 10.8 Å². The lowest BCUT2D eigenvalue weighted by Crippen LogP contribution is -2.70. The molecule has 1 saturated carbocycles. The second kappa shape index (κ2) is 21.1. The number of carbonyl (C=O) groups excluding carboxylic acids is 1. The number of allylic oxidation sites excluding steroid dienone is 1. The molecule has 0 spiro atoms. The summed E-state index contributed by atoms with van der Waals surface area (Å²) in [6.45, 7) is 7.48. The molecule has 2 aliphatic carbocycles. The number of hydrogen-bond acceptors (Lipinski definition) is 11. The number of fused-ring (bicyclic) bond motifs is 3. The number of aliphatic hydroxyl groups excluding tert-OH is 2. The molecule has 12 nitrogen and oxygen atoms in total. The fourth-order valence-electron chi connectivity index (χ4n) is 10.5. The molecule has 12 heteroatoms. The first-order chi connectivity index (χ1) is 31.4. The van der Waals surface area contributed by atoms with Gasteiger partial charge >= 0.3 is 6.09 Å². The standard InChI is InChI=1S/C52H63N3O9/c1-4-28-62-52-47(55(51(58)59-3)33-38-19-14-18-36-16-5-6-21-41(36)38)32-45(54-64-48-23-9-12-29-60-48)43-30-37(17-7-10-26-56)42(22-8-11-27-57)49(50(43)52)44-31-40(24-25-46(44)63-52)61-34-39-20-13-15-35(2)53-39/h4-6,13-16,18-21,24-25,30-31,37,42,47-50,56-57H,1,7-12,17,22-23,26-29,32-34H2,2-3H3/t37-,42+,47-,48?,49+,50+,52+/m0/s1. The van der Waals surface area contributed by atoms with E-state index in [1.807, 2.05) is 61.5 Å². The number of aryl methyl sites for hydroxylation is 1. The van der Waals surface area contributed by atoms with Crippen LogP contribution in [-0.2, 0) is 32.2 Å². The van der Waals surface area contributed by atoms with E-state index in [1.165, 1.54) is 7.11 Å². The highest BCUT2D eigenvalue weighted by Crippen LogP contribution is 2.62. The molecule has 2 aliphatic heterocycles. The van der Waals surface area contributed by atoms with Gasteiger partial charge in [-0.05, 0) is 110 Å². The van der Waals surface area contributed by atoms with Gasteiger partial charge in [0.05, 0.1) is 44.2 Å². The van der Waals surface area contributed by atoms with Crippen molar-refractivity contribution in [3.05, 3.63) is 126 Å². The number of benzene rings is 3. The quantitative estimate of drug-likeness (QED) is 0.0532. The monoisotopic (exact) mass is 873 g/mol. The number of carbonyl (C=O) groups is 1. The van der Waals surface area contributed by atoms with Crippen LogP contribution >= 0.6 is 0 Å². The van der Waals surface area contributed by atoms with Crippen LogP contribution in [0.3, 0.4) is 0 Å². The molecule has 4 aromatic rings. The molecule has 1 unspecified atom stereocenters. The normalized spacial score (nSPS) is 25.4. The van der Waals surface area contributed by atoms with Gasteiger partial charge in [-0.3, -0.25) is 9.88 Å². The van der Waals surface area contributed by atoms with E-state index in [0.717, 1.165) is 83.8 Å². The number of aromatic nitrogens is 1. The predicted octanol–water partition coefficient (Wildman–Crippen LogP) is 9.55. The zero-order valence-corrected chi connectivity index (χ0v) is 37.2. The summed E-state index contributed by atoms with van der Waals surface area (Å²) >= 11 is 0. The van der Waals surface area contributed by atoms with Crippen molar-refractivity contribution in [3.8, 4) is 11.5 Å². The van der Waals surface area contributed by atoms with Crippen LogP contribution in [0.5, 0.6) is 11.5 Å². The molecule has 64 heavy (non-hydrogen) atoms. The van der Waals surface area contributed by atoms with Crippen molar-refractivity contribution in [2.45, 2.75) is 108 Å². The molecule has 8 rings (SSSR count). The number of oxime groups is 1. The molecule has 4 aliphatic rings. The number of ether oxygens (including phenoxy) is 5. The number of hydrogen-bond donors (Lipinski definition) is 2. The fourth-order valence-corrected chi connectivity index (χ4v) is 10.5. The van der Waals surface area contributed by atoms with Crippen molar-refractivity contribution in [2.75, 3.05) is 33.5 Å². The minimum absolute atomic E-state index is 0.0503. The zero-order valence-electron chi connectivity index (χ0n) is 37.2. The Bertz CT molecular complexity index is 2290. The van der Waals surface area contributed by atoms with Gasteiger partial charge in [0, 0.05) is 43.2 Å². The number of amides is 1. The van der Waals surface area contributed by atoms with Gasteiger partial charge in [0.2, 0.25) is 12.1 Å². The summed E-state index contributed by atoms with van der Waals surface area (Å²) in [5.41, 5.74) is 5.31. The largest absolute Gasteiger partial charge is 0.487 e. The lowest BCUT2D eigenvalue weighted by atomic mass is 9.55. The Morgan fingerprint density at radius 1 is 1.00 bits per heavy atom. The molecule has 3 aromatic carbocycles. The van der Waals surface area contributed by atoms with Crippen molar-refractivity contribution in [1.29, 1.82) is 0 Å². The smallest absolute Gasteiger partial charge is 0.410 e. The Kier molecular flexibility index (Phi) is 15.0. The van der Waals surface area contributed by atoms with E-state index in [-0.39, 0.29) is 50.5 Å². The minimum Gasteiger partial charge on any atom is -0.487 e. The summed E-state index contributed by atoms with van der Waals surface area (Å²) in [6, 6.07) is 25.4. The molecule has 2 fully saturated rings. The second-order valence-corrected chi connectivity index (χ2v) is 17.5. The molecule has 0 bridgehead atoms. The number of unbranched alkanes of at least 4 members (excludes halogenated alkanes) is 2. The van der Waals surface area contributed by atoms with Gasteiger partial charge in [0.1, 0.15) is 24.1 Å². The van der Waals surface area contributed by atoms with Crippen LogP contribution in [0.1, 0.15) is 92.6 Å². The molecule has 0 radical (unpaired) electrons. The van der Waals surface area contributed by atoms with E-state index in [2.05, 4.69) is 41.9 Å². The highest BCUT2D eigenvalue weighted by atomic mass is 16.8. The summed E-state index contributed by atoms with van der Waals surface area (Å²) in [4.78, 5) is 27.3. The summed E-state index contributed by atoms with van der Waals surface area (Å²) in [5, 5.41) is 27.1. The Morgan fingerprint density at radius 2 is 1.81 bits per heavy atom. The van der Waals surface area contributed by atoms with Gasteiger partial charge in [-0.15, -0.1) is 6.58 Å². The third-order valence-electron chi connectivity index (χ3n) is 13.4. The number of methoxy groups -OCH3 is 1. The fraction of sp³-hybridized carbons (Fsp3) is 0.481. The second-order valence-electron chi connectivity index (χ2n) is 17.5. The summed E-state index contributed by atoms with van der Waals surface area (Å²) in [6.07, 6.45) is 10.6. The van der Waals surface area contributed by atoms with Gasteiger partial charge in [0.15, 0.2) is 0 Å². The molecule has 1 aromatic heterocycles. The van der Waals surface area contributed by atoms with Gasteiger partial charge in [-0.2, -0.15) is 0 Å². The van der Waals surface area contributed by atoms with E-state index < -0.39 is 30.1 Å². The van der Waals surface area contributed by atoms with Crippen molar-refractivity contribution in [2.24, 2.45) is 22.9 Å². The van der Waals surface area contributed by atoms with Gasteiger partial charge in [0.25, 0.3) is 0 Å². The first-order valence-electron chi connectivity index (χ1n) is 23.1. The van der Waals surface area contributed by atoms with Crippen LogP contribution in [0.15, 0.2) is 108 Å². The average molecular weight is 874 g/mol. The molecule has 340 valence electrons. The minimum atomic E-state index is -1.45. The van der Waals surface area contributed by atoms with Gasteiger partial charge < -0.3 is 38.7 Å². The SMILES string of the molecule is C=CCO[C@@]12Oc3ccc(OCc4cccc(C)n4)cc3[C@H]3[C@H](CCCCO)[C@@H](CCCCO)C=C(C(=NOC4CCCCO4)C[C@@H]1N(Cc1cccc4ccccc14)C(=O)OC)[C@H]32. The summed E-state index contributed by atoms with van der Waals surface area (Å²) in [5.74, 6) is -0.715. The average Bonchev–Trinajstić information content (AvgIpc) is 3.32. The first-order valence-corrected chi connectivity index (χ1v) is 23.1. The van der Waals surface area contributed by atoms with Gasteiger partial charge in [-0.25, -0.2) is 4.79 Å². The number of rotatable bonds is 19. The van der Waals surface area contributed by atoms with E-state index in [9.17, 15) is 15.0 Å². The number of aliphatic hydroxyl groups is 2. The van der Waals surface area contributed by atoms with Crippen molar-refractivity contribution >= 4 is 22.6 Å². The third kappa shape index (κ3) is 9.71. The highest BCUT2D eigenvalue weighted by molar-refractivity contribution is 6.03. The molecular formula is C52H63N3O9. The van der Waals surface area contributed by atoms with E-state index in [1.54, 1.807) is 11.0 Å². The van der Waals surface area contributed by atoms with Crippen LogP contribution in [-0.4, -0.2) is 83.6 Å². The highest BCUT2D eigenvalue weighted by Gasteiger charge is 2.65. The summed E-state index contributed by atoms with van der Waals surface area (Å²) in [7, 11) is 1.41. The topological polar surface area (TPSA) is 141 Å². The summed E-state index contributed by atoms with van der Waals surface area (Å²) < 4.78 is 32.8. The Balaban J connectivity index is 1.32. The molecule has 2 N–H and O–H groups in total. The third-order valence-corrected chi connectivity index (χ3v) is 13.4. The van der Waals surface area contributed by atoms with E-state index in [4.69, 9.17) is 33.7 Å². The van der Waals surface area contributed by atoms with Crippen molar-refractivity contribution in [3.63, 3.8) is 0 Å². The molecule has 3 heterocycles. The Morgan fingerprint density at radius 3 is 2.59 bits per heavy atom. The maximum absolute atomic E-state index is 14.5. The van der Waals surface area contributed by atoms with Crippen LogP contribution in [0.2, 0.25) is 0 Å². The lowest BCUT2D eigenvalue weighted by molar-refractivity contribution is -0.256. The molecule has 1 saturated heterocycles. The maximum atomic E-state index is 14.5. The van der Waals surface area contributed by atoms with Crippen molar-refractivity contribution in [1.82, 2.24) is 9.88 Å². The van der Waals surface area contributed by atoms with Crippen LogP contribution in [0, 0.1) is 24.7 Å². The van der Waals surface area contributed by atoms with Gasteiger partial charge in [-0.1, -0.05) is 78.7 Å². The lowest BCUT2D eigenvalue weighted by Gasteiger charge is -2.59. The van der Waals surface area contributed by atoms with Crippen LogP contribution in [0.4, 0.5) is 4.79 Å². The predicted molar refractivity (Wildman–Crippen MR) is 245 cm³/mol. The number of pyridine rings is 1. The van der Waals surface area contributed by atoms with Crippen molar-refractivity contribution < 1.29 is 43.5 Å².